The van der Waals surface area contributed by atoms with Crippen LogP contribution in [0.15, 0.2) is 35.6 Å². The van der Waals surface area contributed by atoms with Crippen LogP contribution in [0.25, 0.3) is 0 Å². The molecule has 7 nitrogen and oxygen atoms in total. The van der Waals surface area contributed by atoms with Crippen LogP contribution in [0.1, 0.15) is 30.2 Å². The summed E-state index contributed by atoms with van der Waals surface area (Å²) < 4.78 is 15.3. The average molecular weight is 475 g/mol. The third-order valence-corrected chi connectivity index (χ3v) is 7.63. The highest BCUT2D eigenvalue weighted by Crippen LogP contribution is 2.27. The van der Waals surface area contributed by atoms with Gasteiger partial charge in [-0.05, 0) is 30.7 Å². The highest BCUT2D eigenvalue weighted by atomic mass is 32.2. The van der Waals surface area contributed by atoms with Gasteiger partial charge in [-0.3, -0.25) is 0 Å². The van der Waals surface area contributed by atoms with Gasteiger partial charge in [0, 0.05) is 31.9 Å². The fourth-order valence-electron chi connectivity index (χ4n) is 3.28. The Morgan fingerprint density at radius 3 is 2.50 bits per heavy atom. The molecule has 0 unspecified atom stereocenters. The number of nitrogens with one attached hydrogen (secondary N) is 1. The molecule has 1 N–H and O–H groups in total. The lowest BCUT2D eigenvalue weighted by atomic mass is 10.2. The minimum Gasteiger partial charge on any atom is -0.338 e. The predicted molar refractivity (Wildman–Crippen MR) is 128 cm³/mol. The predicted octanol–water partition coefficient (Wildman–Crippen LogP) is 3.81. The van der Waals surface area contributed by atoms with Crippen molar-refractivity contribution >= 4 is 40.1 Å². The van der Waals surface area contributed by atoms with Crippen molar-refractivity contribution in [3.63, 3.8) is 0 Å². The van der Waals surface area contributed by atoms with Gasteiger partial charge in [0.15, 0.2) is 5.16 Å². The summed E-state index contributed by atoms with van der Waals surface area (Å²) in [6, 6.07) is 6.55. The van der Waals surface area contributed by atoms with Gasteiger partial charge in [0.05, 0.1) is 11.9 Å². The second-order valence-electron chi connectivity index (χ2n) is 8.28. The lowest BCUT2D eigenvalue weighted by Crippen LogP contribution is -2.45. The monoisotopic (exact) mass is 474 g/mol. The van der Waals surface area contributed by atoms with E-state index in [1.807, 2.05) is 7.05 Å². The zero-order valence-corrected chi connectivity index (χ0v) is 20.5. The number of benzene rings is 1. The molecule has 0 saturated carbocycles. The Balaban J connectivity index is 1.58. The van der Waals surface area contributed by atoms with Crippen LogP contribution in [0, 0.1) is 5.82 Å². The molecule has 0 radical (unpaired) electrons. The molecule has 0 aliphatic carbocycles. The summed E-state index contributed by atoms with van der Waals surface area (Å²) in [5.74, 6) is 2.13. The fourth-order valence-corrected chi connectivity index (χ4v) is 5.07. The fraction of sp³-hybridized carbons (Fsp3) is 0.455. The van der Waals surface area contributed by atoms with Crippen molar-refractivity contribution < 1.29 is 8.96 Å². The summed E-state index contributed by atoms with van der Waals surface area (Å²) in [5.41, 5.74) is 1.03. The van der Waals surface area contributed by atoms with Gasteiger partial charge in [0.25, 0.3) is 0 Å². The van der Waals surface area contributed by atoms with Gasteiger partial charge in [-0.2, -0.15) is 20.3 Å². The van der Waals surface area contributed by atoms with Crippen LogP contribution >= 0.6 is 23.1 Å². The molecule has 0 amide bonds. The Kier molecular flexibility index (Phi) is 7.22. The number of halogens is 1. The molecular formula is C22H29FN7S2+. The Bertz CT molecular complexity index is 1050. The standard InChI is InChI=1S/C22H28FN7S2/c1-15(2)18-13-29(4)22(32-18)26-19-24-20(30-11-9-28(3)10-12-30)27-21(25-19)31-14-16-5-7-17(23)8-6-16/h5-8,13,15H,9-12,14H2,1-4H3/p+1. The second-order valence-corrected chi connectivity index (χ2v) is 10.3. The molecule has 0 atom stereocenters. The van der Waals surface area contributed by atoms with E-state index in [1.165, 1.54) is 28.8 Å². The molecule has 1 fully saturated rings. The minimum atomic E-state index is -0.229. The van der Waals surface area contributed by atoms with Gasteiger partial charge in [-0.1, -0.05) is 49.1 Å². The van der Waals surface area contributed by atoms with E-state index in [4.69, 9.17) is 9.97 Å². The smallest absolute Gasteiger partial charge is 0.338 e. The van der Waals surface area contributed by atoms with Crippen LogP contribution in [-0.2, 0) is 12.8 Å². The first kappa shape index (κ1) is 22.9. The van der Waals surface area contributed by atoms with Crippen molar-refractivity contribution in [3.05, 3.63) is 46.7 Å². The maximum Gasteiger partial charge on any atom is 0.341 e. The number of likely N-dealkylation sites (N-methyl/N-ethyl adjacent to an activating group) is 1. The topological polar surface area (TPSA) is 61.1 Å². The van der Waals surface area contributed by atoms with Gasteiger partial charge in [0.2, 0.25) is 5.95 Å². The minimum absolute atomic E-state index is 0.229. The number of hydrogen-bond acceptors (Lipinski definition) is 8. The van der Waals surface area contributed by atoms with Crippen LogP contribution in [0.3, 0.4) is 0 Å². The van der Waals surface area contributed by atoms with Crippen molar-refractivity contribution in [2.45, 2.75) is 30.7 Å². The van der Waals surface area contributed by atoms with E-state index in [0.29, 0.717) is 28.7 Å². The van der Waals surface area contributed by atoms with Crippen LogP contribution in [0.2, 0.25) is 0 Å². The molecule has 1 saturated heterocycles. The van der Waals surface area contributed by atoms with Gasteiger partial charge < -0.3 is 9.80 Å². The first-order valence-electron chi connectivity index (χ1n) is 10.7. The lowest BCUT2D eigenvalue weighted by Gasteiger charge is -2.32. The molecule has 3 aromatic rings. The lowest BCUT2D eigenvalue weighted by molar-refractivity contribution is -0.653. The summed E-state index contributed by atoms with van der Waals surface area (Å²) in [7, 11) is 4.16. The van der Waals surface area contributed by atoms with E-state index >= 15 is 0 Å². The average Bonchev–Trinajstić information content (AvgIpc) is 3.14. The summed E-state index contributed by atoms with van der Waals surface area (Å²) in [5, 5.41) is 5.04. The molecule has 1 aromatic carbocycles. The third-order valence-electron chi connectivity index (χ3n) is 5.31. The van der Waals surface area contributed by atoms with E-state index in [0.717, 1.165) is 36.9 Å². The Hall–Kier alpha value is -2.30. The van der Waals surface area contributed by atoms with Crippen molar-refractivity contribution in [1.29, 1.82) is 0 Å². The third kappa shape index (κ3) is 5.73. The largest absolute Gasteiger partial charge is 0.341 e. The molecule has 32 heavy (non-hydrogen) atoms. The number of thiazole rings is 1. The van der Waals surface area contributed by atoms with E-state index < -0.39 is 0 Å². The molecule has 1 aliphatic rings. The van der Waals surface area contributed by atoms with Crippen molar-refractivity contribution in [2.24, 2.45) is 7.05 Å². The number of aromatic nitrogens is 4. The van der Waals surface area contributed by atoms with Crippen LogP contribution in [-0.4, -0.2) is 53.1 Å². The maximum atomic E-state index is 13.2. The van der Waals surface area contributed by atoms with Gasteiger partial charge >= 0.3 is 11.1 Å². The first-order valence-corrected chi connectivity index (χ1v) is 12.5. The number of thioether (sulfide) groups is 1. The normalized spacial score (nSPS) is 14.9. The number of anilines is 3. The van der Waals surface area contributed by atoms with Gasteiger partial charge in [-0.25, -0.2) is 8.96 Å². The number of piperazine rings is 1. The second kappa shape index (κ2) is 10.1. The van der Waals surface area contributed by atoms with Crippen LogP contribution in [0.4, 0.5) is 21.4 Å². The molecule has 10 heteroatoms. The molecule has 170 valence electrons. The maximum absolute atomic E-state index is 13.2. The SMILES string of the molecule is CC(C)c1c[n+](C)c(Nc2nc(SCc3ccc(F)cc3)nc(N3CCN(C)CC3)n2)s1. The van der Waals surface area contributed by atoms with Crippen molar-refractivity contribution in [1.82, 2.24) is 19.9 Å². The number of aryl methyl sites for hydroxylation is 1. The van der Waals surface area contributed by atoms with Crippen molar-refractivity contribution in [3.8, 4) is 0 Å². The molecular weight excluding hydrogens is 445 g/mol. The van der Waals surface area contributed by atoms with Crippen LogP contribution in [0.5, 0.6) is 0 Å². The number of nitrogens with zero attached hydrogens (tertiary/aromatic N) is 6. The highest BCUT2D eigenvalue weighted by Gasteiger charge is 2.22. The van der Waals surface area contributed by atoms with E-state index in [9.17, 15) is 4.39 Å². The Labute approximate surface area is 196 Å². The molecule has 1 aliphatic heterocycles. The molecule has 3 heterocycles. The van der Waals surface area contributed by atoms with Gasteiger partial charge in [0.1, 0.15) is 12.0 Å². The summed E-state index contributed by atoms with van der Waals surface area (Å²) >= 11 is 3.24. The Morgan fingerprint density at radius 2 is 1.84 bits per heavy atom. The number of hydrogen-bond donors (Lipinski definition) is 1. The summed E-state index contributed by atoms with van der Waals surface area (Å²) in [4.78, 5) is 20.0. The quantitative estimate of drug-likeness (QED) is 0.413. The molecule has 0 bridgehead atoms. The molecule has 4 rings (SSSR count). The summed E-state index contributed by atoms with van der Waals surface area (Å²) in [6.45, 7) is 8.09. The van der Waals surface area contributed by atoms with E-state index in [1.54, 1.807) is 23.5 Å². The summed E-state index contributed by atoms with van der Waals surface area (Å²) in [6.07, 6.45) is 2.14. The number of rotatable bonds is 7. The van der Waals surface area contributed by atoms with Crippen LogP contribution < -0.4 is 14.8 Å². The zero-order valence-electron chi connectivity index (χ0n) is 18.9. The highest BCUT2D eigenvalue weighted by molar-refractivity contribution is 7.98. The van der Waals surface area contributed by atoms with E-state index in [2.05, 4.69) is 51.8 Å². The van der Waals surface area contributed by atoms with Crippen molar-refractivity contribution in [2.75, 3.05) is 43.4 Å². The zero-order chi connectivity index (χ0) is 22.7. The first-order chi connectivity index (χ1) is 15.4. The van der Waals surface area contributed by atoms with Gasteiger partial charge in [-0.15, -0.1) is 0 Å². The van der Waals surface area contributed by atoms with E-state index in [-0.39, 0.29) is 5.82 Å². The Morgan fingerprint density at radius 1 is 1.12 bits per heavy atom. The molecule has 2 aromatic heterocycles. The molecule has 0 spiro atoms.